The van der Waals surface area contributed by atoms with E-state index in [0.29, 0.717) is 12.4 Å². The van der Waals surface area contributed by atoms with Crippen LogP contribution in [0.1, 0.15) is 5.82 Å². The van der Waals surface area contributed by atoms with Gasteiger partial charge in [-0.2, -0.15) is 4.98 Å². The summed E-state index contributed by atoms with van der Waals surface area (Å²) in [6.07, 6.45) is 0. The number of carbonyl (C=O) groups is 1. The number of aromatic nitrogens is 2. The van der Waals surface area contributed by atoms with Crippen LogP contribution in [0.5, 0.6) is 0 Å². The molecule has 1 heterocycles. The van der Waals surface area contributed by atoms with Gasteiger partial charge in [-0.05, 0) is 21.0 Å². The van der Waals surface area contributed by atoms with Crippen LogP contribution >= 0.6 is 0 Å². The maximum atomic E-state index is 11.2. The molecule has 13 heavy (non-hydrogen) atoms. The molecule has 1 N–H and O–H groups in total. The number of anilines is 1. The Hall–Kier alpha value is -1.43. The molecule has 1 aromatic heterocycles. The molecule has 0 fully saturated rings. The van der Waals surface area contributed by atoms with Gasteiger partial charge in [-0.25, -0.2) is 0 Å². The second-order valence-corrected chi connectivity index (χ2v) is 2.93. The van der Waals surface area contributed by atoms with Crippen molar-refractivity contribution >= 4 is 11.9 Å². The van der Waals surface area contributed by atoms with Crippen LogP contribution in [0.25, 0.3) is 0 Å². The number of rotatable bonds is 3. The fraction of sp³-hybridized carbons (Fsp3) is 0.571. The Morgan fingerprint density at radius 1 is 1.62 bits per heavy atom. The lowest BCUT2D eigenvalue weighted by Crippen LogP contribution is -2.27. The van der Waals surface area contributed by atoms with Crippen molar-refractivity contribution in [3.8, 4) is 0 Å². The van der Waals surface area contributed by atoms with Gasteiger partial charge in [0.1, 0.15) is 0 Å². The first-order valence-corrected chi connectivity index (χ1v) is 3.83. The summed E-state index contributed by atoms with van der Waals surface area (Å²) in [4.78, 5) is 16.7. The van der Waals surface area contributed by atoms with Gasteiger partial charge in [-0.15, -0.1) is 0 Å². The SMILES string of the molecule is Cc1noc(NC(=O)CN(C)C)n1. The van der Waals surface area contributed by atoms with Crippen molar-refractivity contribution in [2.75, 3.05) is 26.0 Å². The minimum Gasteiger partial charge on any atom is -0.315 e. The van der Waals surface area contributed by atoms with Crippen LogP contribution in [-0.2, 0) is 4.79 Å². The van der Waals surface area contributed by atoms with Gasteiger partial charge in [0.05, 0.1) is 6.54 Å². The third-order valence-electron chi connectivity index (χ3n) is 1.23. The Morgan fingerprint density at radius 3 is 2.77 bits per heavy atom. The lowest BCUT2D eigenvalue weighted by atomic mass is 10.5. The number of hydrogen-bond acceptors (Lipinski definition) is 5. The quantitative estimate of drug-likeness (QED) is 0.709. The Kier molecular flexibility index (Phi) is 2.97. The predicted molar refractivity (Wildman–Crippen MR) is 46.2 cm³/mol. The highest BCUT2D eigenvalue weighted by molar-refractivity contribution is 5.90. The monoisotopic (exact) mass is 184 g/mol. The number of nitrogens with one attached hydrogen (secondary N) is 1. The normalized spacial score (nSPS) is 10.5. The van der Waals surface area contributed by atoms with E-state index in [-0.39, 0.29) is 11.9 Å². The number of aryl methyl sites for hydroxylation is 1. The van der Waals surface area contributed by atoms with E-state index in [4.69, 9.17) is 4.52 Å². The first-order valence-electron chi connectivity index (χ1n) is 3.83. The maximum absolute atomic E-state index is 11.2. The van der Waals surface area contributed by atoms with Gasteiger partial charge in [-0.1, -0.05) is 5.16 Å². The Balaban J connectivity index is 2.45. The van der Waals surface area contributed by atoms with Crippen LogP contribution < -0.4 is 5.32 Å². The van der Waals surface area contributed by atoms with E-state index in [1.807, 2.05) is 0 Å². The van der Waals surface area contributed by atoms with E-state index in [1.54, 1.807) is 25.9 Å². The van der Waals surface area contributed by atoms with Crippen LogP contribution in [0.15, 0.2) is 4.52 Å². The molecule has 0 aliphatic heterocycles. The van der Waals surface area contributed by atoms with Gasteiger partial charge >= 0.3 is 6.01 Å². The van der Waals surface area contributed by atoms with Crippen molar-refractivity contribution in [1.82, 2.24) is 15.0 Å². The summed E-state index contributed by atoms with van der Waals surface area (Å²) in [6, 6.07) is 0.143. The first kappa shape index (κ1) is 9.66. The fourth-order valence-electron chi connectivity index (χ4n) is 0.794. The molecule has 0 aliphatic carbocycles. The minimum absolute atomic E-state index is 0.143. The van der Waals surface area contributed by atoms with Crippen LogP contribution in [0, 0.1) is 6.92 Å². The molecule has 1 aromatic rings. The maximum Gasteiger partial charge on any atom is 0.328 e. The highest BCUT2D eigenvalue weighted by Crippen LogP contribution is 2.01. The molecule has 0 bridgehead atoms. The van der Waals surface area contributed by atoms with Crippen LogP contribution in [0.2, 0.25) is 0 Å². The van der Waals surface area contributed by atoms with E-state index in [0.717, 1.165) is 0 Å². The highest BCUT2D eigenvalue weighted by Gasteiger charge is 2.07. The lowest BCUT2D eigenvalue weighted by Gasteiger charge is -2.06. The zero-order valence-corrected chi connectivity index (χ0v) is 7.87. The van der Waals surface area contributed by atoms with Crippen molar-refractivity contribution in [2.24, 2.45) is 0 Å². The van der Waals surface area contributed by atoms with E-state index in [2.05, 4.69) is 15.5 Å². The topological polar surface area (TPSA) is 71.3 Å². The number of amides is 1. The average molecular weight is 184 g/mol. The molecule has 72 valence electrons. The number of likely N-dealkylation sites (N-methyl/N-ethyl adjacent to an activating group) is 1. The Labute approximate surface area is 75.9 Å². The van der Waals surface area contributed by atoms with Crippen LogP contribution in [0.3, 0.4) is 0 Å². The minimum atomic E-state index is -0.173. The summed E-state index contributed by atoms with van der Waals surface area (Å²) in [5, 5.41) is 6.01. The van der Waals surface area contributed by atoms with E-state index in [1.165, 1.54) is 0 Å². The summed E-state index contributed by atoms with van der Waals surface area (Å²) in [5.74, 6) is 0.328. The van der Waals surface area contributed by atoms with Crippen molar-refractivity contribution < 1.29 is 9.32 Å². The van der Waals surface area contributed by atoms with Gasteiger partial charge in [-0.3, -0.25) is 10.1 Å². The van der Waals surface area contributed by atoms with Crippen molar-refractivity contribution in [1.29, 1.82) is 0 Å². The summed E-state index contributed by atoms with van der Waals surface area (Å²) in [5.41, 5.74) is 0. The molecule has 6 heteroatoms. The predicted octanol–water partition coefficient (Wildman–Crippen LogP) is -0.122. The molecule has 1 rings (SSSR count). The number of nitrogens with zero attached hydrogens (tertiary/aromatic N) is 3. The summed E-state index contributed by atoms with van der Waals surface area (Å²) < 4.78 is 4.70. The second kappa shape index (κ2) is 3.99. The molecule has 0 saturated heterocycles. The number of carbonyl (C=O) groups excluding carboxylic acids is 1. The zero-order chi connectivity index (χ0) is 9.84. The molecular weight excluding hydrogens is 172 g/mol. The summed E-state index contributed by atoms with van der Waals surface area (Å²) >= 11 is 0. The largest absolute Gasteiger partial charge is 0.328 e. The summed E-state index contributed by atoms with van der Waals surface area (Å²) in [7, 11) is 3.61. The standard InChI is InChI=1S/C7H12N4O2/c1-5-8-7(13-10-5)9-6(12)4-11(2)3/h4H2,1-3H3,(H,8,9,10,12). The van der Waals surface area contributed by atoms with Gasteiger partial charge in [0.2, 0.25) is 5.91 Å². The zero-order valence-electron chi connectivity index (χ0n) is 7.87. The summed E-state index contributed by atoms with van der Waals surface area (Å²) in [6.45, 7) is 1.98. The van der Waals surface area contributed by atoms with E-state index in [9.17, 15) is 4.79 Å². The molecule has 0 spiro atoms. The lowest BCUT2D eigenvalue weighted by molar-refractivity contribution is -0.116. The van der Waals surface area contributed by atoms with Crippen molar-refractivity contribution in [3.05, 3.63) is 5.82 Å². The van der Waals surface area contributed by atoms with Crippen molar-refractivity contribution in [2.45, 2.75) is 6.92 Å². The van der Waals surface area contributed by atoms with Gasteiger partial charge < -0.3 is 9.42 Å². The smallest absolute Gasteiger partial charge is 0.315 e. The molecule has 0 radical (unpaired) electrons. The van der Waals surface area contributed by atoms with Crippen molar-refractivity contribution in [3.63, 3.8) is 0 Å². The van der Waals surface area contributed by atoms with E-state index < -0.39 is 0 Å². The third-order valence-corrected chi connectivity index (χ3v) is 1.23. The molecule has 0 aromatic carbocycles. The van der Waals surface area contributed by atoms with Gasteiger partial charge in [0, 0.05) is 0 Å². The first-order chi connectivity index (χ1) is 6.08. The molecule has 0 saturated carbocycles. The number of hydrogen-bond donors (Lipinski definition) is 1. The second-order valence-electron chi connectivity index (χ2n) is 2.93. The highest BCUT2D eigenvalue weighted by atomic mass is 16.5. The molecule has 0 atom stereocenters. The Bertz CT molecular complexity index is 294. The van der Waals surface area contributed by atoms with Gasteiger partial charge in [0.15, 0.2) is 5.82 Å². The van der Waals surface area contributed by atoms with Crippen LogP contribution in [0.4, 0.5) is 6.01 Å². The molecule has 1 amide bonds. The van der Waals surface area contributed by atoms with Gasteiger partial charge in [0.25, 0.3) is 0 Å². The fourth-order valence-corrected chi connectivity index (χ4v) is 0.794. The molecule has 0 aliphatic rings. The molecule has 6 nitrogen and oxygen atoms in total. The third kappa shape index (κ3) is 3.20. The van der Waals surface area contributed by atoms with Crippen LogP contribution in [-0.4, -0.2) is 41.6 Å². The van der Waals surface area contributed by atoms with E-state index >= 15 is 0 Å². The molecule has 0 unspecified atom stereocenters. The average Bonchev–Trinajstić information content (AvgIpc) is 2.33. The molecular formula is C7H12N4O2. The Morgan fingerprint density at radius 2 is 2.31 bits per heavy atom.